The first kappa shape index (κ1) is 14.9. The van der Waals surface area contributed by atoms with Crippen molar-refractivity contribution in [2.75, 3.05) is 0 Å². The number of halogens is 3. The van der Waals surface area contributed by atoms with Crippen molar-refractivity contribution in [2.45, 2.75) is 13.2 Å². The largest absolute Gasteiger partial charge is 0.487 e. The van der Waals surface area contributed by atoms with Crippen LogP contribution >= 0.6 is 43.5 Å². The fourth-order valence-corrected chi connectivity index (χ4v) is 3.37. The maximum Gasteiger partial charge on any atom is 0.148 e. The molecule has 0 aliphatic rings. The standard InChI is InChI=1S/C14H12Br2ClNO/c15-12-5-10(7-18)6-13(16)14(12)19-8-9-2-1-3-11(17)4-9/h1-6H,7-8,18H2. The summed E-state index contributed by atoms with van der Waals surface area (Å²) in [6.07, 6.45) is 0. The Morgan fingerprint density at radius 2 is 1.74 bits per heavy atom. The molecule has 2 nitrogen and oxygen atoms in total. The quantitative estimate of drug-likeness (QED) is 0.785. The van der Waals surface area contributed by atoms with Crippen molar-refractivity contribution in [2.24, 2.45) is 5.73 Å². The molecule has 0 atom stereocenters. The molecule has 0 saturated carbocycles. The van der Waals surface area contributed by atoms with Gasteiger partial charge < -0.3 is 10.5 Å². The van der Waals surface area contributed by atoms with Gasteiger partial charge in [0.15, 0.2) is 0 Å². The summed E-state index contributed by atoms with van der Waals surface area (Å²) in [5.41, 5.74) is 7.68. The van der Waals surface area contributed by atoms with E-state index in [4.69, 9.17) is 22.1 Å². The summed E-state index contributed by atoms with van der Waals surface area (Å²) in [7, 11) is 0. The van der Waals surface area contributed by atoms with Crippen LogP contribution < -0.4 is 10.5 Å². The molecule has 0 aliphatic carbocycles. The molecular weight excluding hydrogens is 393 g/mol. The molecule has 2 aromatic carbocycles. The van der Waals surface area contributed by atoms with Crippen LogP contribution in [0.4, 0.5) is 0 Å². The number of nitrogens with two attached hydrogens (primary N) is 1. The zero-order valence-corrected chi connectivity index (χ0v) is 13.9. The second-order valence-electron chi connectivity index (χ2n) is 4.01. The van der Waals surface area contributed by atoms with Gasteiger partial charge in [-0.05, 0) is 67.3 Å². The summed E-state index contributed by atoms with van der Waals surface area (Å²) in [6.45, 7) is 0.950. The molecule has 0 fully saturated rings. The van der Waals surface area contributed by atoms with E-state index in [0.717, 1.165) is 25.8 Å². The van der Waals surface area contributed by atoms with E-state index in [1.165, 1.54) is 0 Å². The Hall–Kier alpha value is -0.550. The van der Waals surface area contributed by atoms with Gasteiger partial charge in [0.1, 0.15) is 12.4 Å². The molecule has 2 aromatic rings. The molecule has 0 bridgehead atoms. The molecule has 19 heavy (non-hydrogen) atoms. The average molecular weight is 406 g/mol. The normalized spacial score (nSPS) is 10.5. The van der Waals surface area contributed by atoms with Crippen LogP contribution in [0.5, 0.6) is 5.75 Å². The Morgan fingerprint density at radius 3 is 2.32 bits per heavy atom. The van der Waals surface area contributed by atoms with E-state index in [2.05, 4.69) is 31.9 Å². The molecule has 0 amide bonds. The van der Waals surface area contributed by atoms with E-state index in [9.17, 15) is 0 Å². The highest BCUT2D eigenvalue weighted by Gasteiger charge is 2.09. The third-order valence-corrected chi connectivity index (χ3v) is 3.98. The first-order valence-electron chi connectivity index (χ1n) is 5.65. The van der Waals surface area contributed by atoms with Gasteiger partial charge in [-0.3, -0.25) is 0 Å². The van der Waals surface area contributed by atoms with Gasteiger partial charge in [-0.1, -0.05) is 23.7 Å². The second-order valence-corrected chi connectivity index (χ2v) is 6.16. The zero-order chi connectivity index (χ0) is 13.8. The summed E-state index contributed by atoms with van der Waals surface area (Å²) in [6, 6.07) is 11.5. The number of hydrogen-bond acceptors (Lipinski definition) is 2. The van der Waals surface area contributed by atoms with Crippen molar-refractivity contribution in [1.29, 1.82) is 0 Å². The second kappa shape index (κ2) is 6.75. The Labute approximate surface area is 134 Å². The number of hydrogen-bond donors (Lipinski definition) is 1. The third kappa shape index (κ3) is 3.96. The van der Waals surface area contributed by atoms with Gasteiger partial charge in [0, 0.05) is 11.6 Å². The Balaban J connectivity index is 2.16. The summed E-state index contributed by atoms with van der Waals surface area (Å²) in [5.74, 6) is 0.761. The lowest BCUT2D eigenvalue weighted by atomic mass is 10.2. The first-order valence-corrected chi connectivity index (χ1v) is 7.62. The van der Waals surface area contributed by atoms with Gasteiger partial charge in [0.05, 0.1) is 8.95 Å². The molecular formula is C14H12Br2ClNO. The van der Waals surface area contributed by atoms with Crippen molar-refractivity contribution < 1.29 is 4.74 Å². The van der Waals surface area contributed by atoms with Crippen LogP contribution in [0.1, 0.15) is 11.1 Å². The summed E-state index contributed by atoms with van der Waals surface area (Å²) < 4.78 is 7.57. The molecule has 5 heteroatoms. The monoisotopic (exact) mass is 403 g/mol. The van der Waals surface area contributed by atoms with Crippen LogP contribution in [0, 0.1) is 0 Å². The van der Waals surface area contributed by atoms with E-state index in [-0.39, 0.29) is 0 Å². The van der Waals surface area contributed by atoms with Gasteiger partial charge in [0.2, 0.25) is 0 Å². The van der Waals surface area contributed by atoms with E-state index in [0.29, 0.717) is 18.2 Å². The maximum atomic E-state index is 5.94. The van der Waals surface area contributed by atoms with Crippen molar-refractivity contribution >= 4 is 43.5 Å². The fraction of sp³-hybridized carbons (Fsp3) is 0.143. The highest BCUT2D eigenvalue weighted by molar-refractivity contribution is 9.11. The smallest absolute Gasteiger partial charge is 0.148 e. The minimum atomic E-state index is 0.458. The first-order chi connectivity index (χ1) is 9.10. The van der Waals surface area contributed by atoms with Crippen LogP contribution in [-0.4, -0.2) is 0 Å². The number of benzene rings is 2. The molecule has 0 aliphatic heterocycles. The highest BCUT2D eigenvalue weighted by atomic mass is 79.9. The minimum Gasteiger partial charge on any atom is -0.487 e. The molecule has 0 unspecified atom stereocenters. The molecule has 0 spiro atoms. The van der Waals surface area contributed by atoms with Crippen LogP contribution in [0.2, 0.25) is 5.02 Å². The average Bonchev–Trinajstić information content (AvgIpc) is 2.37. The summed E-state index contributed by atoms with van der Waals surface area (Å²) >= 11 is 12.9. The van der Waals surface area contributed by atoms with Gasteiger partial charge in [0.25, 0.3) is 0 Å². The van der Waals surface area contributed by atoms with Gasteiger partial charge in [-0.2, -0.15) is 0 Å². The number of ether oxygens (including phenoxy) is 1. The topological polar surface area (TPSA) is 35.2 Å². The van der Waals surface area contributed by atoms with Gasteiger partial charge in [-0.15, -0.1) is 0 Å². The van der Waals surface area contributed by atoms with E-state index < -0.39 is 0 Å². The molecule has 0 radical (unpaired) electrons. The SMILES string of the molecule is NCc1cc(Br)c(OCc2cccc(Cl)c2)c(Br)c1. The summed E-state index contributed by atoms with van der Waals surface area (Å²) in [5, 5.41) is 0.706. The van der Waals surface area contributed by atoms with E-state index in [1.54, 1.807) is 0 Å². The van der Waals surface area contributed by atoms with Gasteiger partial charge >= 0.3 is 0 Å². The van der Waals surface area contributed by atoms with E-state index >= 15 is 0 Å². The minimum absolute atomic E-state index is 0.458. The molecule has 0 aromatic heterocycles. The van der Waals surface area contributed by atoms with Crippen molar-refractivity contribution in [3.05, 3.63) is 61.5 Å². The number of rotatable bonds is 4. The molecule has 100 valence electrons. The lowest BCUT2D eigenvalue weighted by Gasteiger charge is -2.12. The van der Waals surface area contributed by atoms with Crippen LogP contribution in [0.3, 0.4) is 0 Å². The van der Waals surface area contributed by atoms with Crippen molar-refractivity contribution in [3.8, 4) is 5.75 Å². The Bertz CT molecular complexity index is 566. The Kier molecular flexibility index (Phi) is 5.28. The summed E-state index contributed by atoms with van der Waals surface area (Å²) in [4.78, 5) is 0. The maximum absolute atomic E-state index is 5.94. The van der Waals surface area contributed by atoms with Crippen LogP contribution in [0.15, 0.2) is 45.3 Å². The van der Waals surface area contributed by atoms with Gasteiger partial charge in [-0.25, -0.2) is 0 Å². The molecule has 0 heterocycles. The van der Waals surface area contributed by atoms with Crippen molar-refractivity contribution in [1.82, 2.24) is 0 Å². The molecule has 2 rings (SSSR count). The van der Waals surface area contributed by atoms with Crippen LogP contribution in [0.25, 0.3) is 0 Å². The third-order valence-electron chi connectivity index (χ3n) is 2.57. The van der Waals surface area contributed by atoms with Crippen molar-refractivity contribution in [3.63, 3.8) is 0 Å². The lowest BCUT2D eigenvalue weighted by molar-refractivity contribution is 0.302. The predicted molar refractivity (Wildman–Crippen MR) is 85.5 cm³/mol. The Morgan fingerprint density at radius 1 is 1.05 bits per heavy atom. The highest BCUT2D eigenvalue weighted by Crippen LogP contribution is 2.35. The molecule has 2 N–H and O–H groups in total. The molecule has 0 saturated heterocycles. The van der Waals surface area contributed by atoms with E-state index in [1.807, 2.05) is 36.4 Å². The lowest BCUT2D eigenvalue weighted by Crippen LogP contribution is -2.00. The van der Waals surface area contributed by atoms with Crippen LogP contribution in [-0.2, 0) is 13.2 Å². The zero-order valence-electron chi connectivity index (χ0n) is 10.00. The fourth-order valence-electron chi connectivity index (χ4n) is 1.65. The predicted octanol–water partition coefficient (Wildman–Crippen LogP) is 4.90.